The van der Waals surface area contributed by atoms with Crippen LogP contribution in [0.3, 0.4) is 0 Å². The average molecular weight is 457 g/mol. The Morgan fingerprint density at radius 2 is 2.16 bits per heavy atom. The highest BCUT2D eigenvalue weighted by Gasteiger charge is 2.43. The molecule has 9 nitrogen and oxygen atoms in total. The number of aromatic hydroxyl groups is 1. The summed E-state index contributed by atoms with van der Waals surface area (Å²) in [5, 5.41) is 14.9. The minimum absolute atomic E-state index is 0.123. The van der Waals surface area contributed by atoms with Crippen molar-refractivity contribution in [3.8, 4) is 11.5 Å². The minimum Gasteiger partial charge on any atom is -0.505 e. The van der Waals surface area contributed by atoms with Gasteiger partial charge < -0.3 is 30.1 Å². The maximum absolute atomic E-state index is 15.0. The number of likely N-dealkylation sites (tertiary alicyclic amines) is 1. The van der Waals surface area contributed by atoms with Crippen LogP contribution in [0.1, 0.15) is 22.3 Å². The summed E-state index contributed by atoms with van der Waals surface area (Å²) in [5.74, 6) is -3.73. The molecule has 2 fully saturated rings. The van der Waals surface area contributed by atoms with Gasteiger partial charge in [-0.05, 0) is 6.42 Å². The second-order valence-electron chi connectivity index (χ2n) is 7.29. The molecule has 2 aliphatic heterocycles. The molecular formula is C19H19F4N5O4. The molecule has 0 saturated carbocycles. The van der Waals surface area contributed by atoms with Gasteiger partial charge in [-0.25, -0.2) is 9.37 Å². The van der Waals surface area contributed by atoms with Gasteiger partial charge >= 0.3 is 6.18 Å². The van der Waals surface area contributed by atoms with E-state index in [1.54, 1.807) is 0 Å². The SMILES string of the molecule is CNc1nc(Nc2c(OC)cc(O)c(F)c2C(=O)N2CC3CC2CO3)ncc1C(F)(F)F. The maximum Gasteiger partial charge on any atom is 0.421 e. The standard InChI is InChI=1S/C19H19F4N5O4/c1-24-16-10(19(21,22)23)5-25-18(27-16)26-15-12(31-2)4-11(29)14(20)13(15)17(30)28-6-9-3-8(28)7-32-9/h4-5,8-9,29H,3,6-7H2,1-2H3,(H2,24,25,26,27). The van der Waals surface area contributed by atoms with Crippen molar-refractivity contribution in [3.05, 3.63) is 29.2 Å². The lowest BCUT2D eigenvalue weighted by Crippen LogP contribution is -2.42. The third-order valence-electron chi connectivity index (χ3n) is 5.37. The van der Waals surface area contributed by atoms with Gasteiger partial charge in [0, 0.05) is 25.9 Å². The Bertz CT molecular complexity index is 1060. The van der Waals surface area contributed by atoms with E-state index in [4.69, 9.17) is 9.47 Å². The summed E-state index contributed by atoms with van der Waals surface area (Å²) in [7, 11) is 2.48. The van der Waals surface area contributed by atoms with Crippen LogP contribution in [0.2, 0.25) is 0 Å². The number of aromatic nitrogens is 2. The van der Waals surface area contributed by atoms with Gasteiger partial charge in [0.05, 0.1) is 31.5 Å². The molecule has 2 unspecified atom stereocenters. The normalized spacial score (nSPS) is 19.9. The second-order valence-corrected chi connectivity index (χ2v) is 7.29. The monoisotopic (exact) mass is 457 g/mol. The number of carbonyl (C=O) groups is 1. The molecule has 32 heavy (non-hydrogen) atoms. The Morgan fingerprint density at radius 1 is 1.41 bits per heavy atom. The van der Waals surface area contributed by atoms with E-state index in [1.807, 2.05) is 0 Å². The van der Waals surface area contributed by atoms with Crippen molar-refractivity contribution in [2.75, 3.05) is 37.9 Å². The third-order valence-corrected chi connectivity index (χ3v) is 5.37. The van der Waals surface area contributed by atoms with Crippen LogP contribution in [0.5, 0.6) is 11.5 Å². The number of nitrogens with zero attached hydrogens (tertiary/aromatic N) is 3. The minimum atomic E-state index is -4.70. The van der Waals surface area contributed by atoms with Crippen molar-refractivity contribution in [2.24, 2.45) is 0 Å². The lowest BCUT2D eigenvalue weighted by atomic mass is 10.1. The van der Waals surface area contributed by atoms with E-state index in [-0.39, 0.29) is 36.1 Å². The number of nitrogens with one attached hydrogen (secondary N) is 2. The Kier molecular flexibility index (Phi) is 5.44. The van der Waals surface area contributed by atoms with Crippen LogP contribution in [0.25, 0.3) is 0 Å². The number of carbonyl (C=O) groups excluding carboxylic acids is 1. The molecule has 2 aromatic rings. The van der Waals surface area contributed by atoms with Gasteiger partial charge in [0.15, 0.2) is 11.6 Å². The van der Waals surface area contributed by atoms with Gasteiger partial charge in [-0.1, -0.05) is 0 Å². The van der Waals surface area contributed by atoms with E-state index in [0.717, 1.165) is 6.07 Å². The van der Waals surface area contributed by atoms with Crippen molar-refractivity contribution in [1.29, 1.82) is 0 Å². The van der Waals surface area contributed by atoms with Gasteiger partial charge in [0.25, 0.3) is 5.91 Å². The first kappa shape index (κ1) is 21.9. The van der Waals surface area contributed by atoms with Crippen LogP contribution in [0, 0.1) is 5.82 Å². The number of phenols is 1. The predicted molar refractivity (Wildman–Crippen MR) is 104 cm³/mol. The van der Waals surface area contributed by atoms with E-state index in [0.29, 0.717) is 19.2 Å². The van der Waals surface area contributed by atoms with Crippen LogP contribution in [0.15, 0.2) is 12.3 Å². The Balaban J connectivity index is 1.77. The fraction of sp³-hybridized carbons (Fsp3) is 0.421. The molecule has 0 spiro atoms. The zero-order valence-corrected chi connectivity index (χ0v) is 17.0. The number of phenolic OH excluding ortho intramolecular Hbond substituents is 1. The van der Waals surface area contributed by atoms with Crippen LogP contribution in [-0.4, -0.2) is 65.3 Å². The number of morpholine rings is 1. The lowest BCUT2D eigenvalue weighted by Gasteiger charge is -2.28. The van der Waals surface area contributed by atoms with Gasteiger partial charge in [-0.15, -0.1) is 0 Å². The lowest BCUT2D eigenvalue weighted by molar-refractivity contribution is -0.137. The van der Waals surface area contributed by atoms with Crippen LogP contribution >= 0.6 is 0 Å². The van der Waals surface area contributed by atoms with E-state index in [9.17, 15) is 27.5 Å². The molecule has 3 N–H and O–H groups in total. The summed E-state index contributed by atoms with van der Waals surface area (Å²) in [4.78, 5) is 22.1. The number of benzene rings is 1. The van der Waals surface area contributed by atoms with Crippen molar-refractivity contribution in [2.45, 2.75) is 24.7 Å². The Labute approximate surface area is 179 Å². The highest BCUT2D eigenvalue weighted by molar-refractivity contribution is 6.03. The molecule has 3 heterocycles. The van der Waals surface area contributed by atoms with E-state index in [2.05, 4.69) is 20.6 Å². The zero-order valence-electron chi connectivity index (χ0n) is 17.0. The molecule has 0 radical (unpaired) electrons. The van der Waals surface area contributed by atoms with Crippen molar-refractivity contribution < 1.29 is 36.9 Å². The summed E-state index contributed by atoms with van der Waals surface area (Å²) in [6, 6.07) is 0.697. The summed E-state index contributed by atoms with van der Waals surface area (Å²) in [6.07, 6.45) is -3.68. The number of hydrogen-bond donors (Lipinski definition) is 3. The molecule has 1 amide bonds. The van der Waals surface area contributed by atoms with E-state index < -0.39 is 40.6 Å². The van der Waals surface area contributed by atoms with Crippen molar-refractivity contribution in [3.63, 3.8) is 0 Å². The van der Waals surface area contributed by atoms with Gasteiger partial charge in [0.2, 0.25) is 5.95 Å². The molecule has 2 atom stereocenters. The van der Waals surface area contributed by atoms with Crippen molar-refractivity contribution >= 4 is 23.4 Å². The van der Waals surface area contributed by atoms with E-state index >= 15 is 0 Å². The van der Waals surface area contributed by atoms with Gasteiger partial charge in [-0.3, -0.25) is 4.79 Å². The molecule has 172 valence electrons. The topological polar surface area (TPSA) is 109 Å². The fourth-order valence-corrected chi connectivity index (χ4v) is 3.85. The molecule has 4 rings (SSSR count). The van der Waals surface area contributed by atoms with Gasteiger partial charge in [-0.2, -0.15) is 18.2 Å². The first-order valence-electron chi connectivity index (χ1n) is 9.55. The Morgan fingerprint density at radius 3 is 2.72 bits per heavy atom. The molecule has 0 aliphatic carbocycles. The second kappa shape index (κ2) is 7.97. The molecule has 2 bridgehead atoms. The number of halogens is 4. The largest absolute Gasteiger partial charge is 0.505 e. The number of methoxy groups -OCH3 is 1. The van der Waals surface area contributed by atoms with Crippen molar-refractivity contribution in [1.82, 2.24) is 14.9 Å². The number of anilines is 3. The highest BCUT2D eigenvalue weighted by Crippen LogP contribution is 2.41. The number of fused-ring (bicyclic) bond motifs is 2. The molecule has 13 heteroatoms. The number of amides is 1. The maximum atomic E-state index is 15.0. The predicted octanol–water partition coefficient (Wildman–Crippen LogP) is 2.75. The number of hydrogen-bond acceptors (Lipinski definition) is 8. The fourth-order valence-electron chi connectivity index (χ4n) is 3.85. The smallest absolute Gasteiger partial charge is 0.421 e. The summed E-state index contributed by atoms with van der Waals surface area (Å²) in [5.41, 5.74) is -1.86. The molecule has 2 saturated heterocycles. The molecular weight excluding hydrogens is 438 g/mol. The third kappa shape index (κ3) is 3.72. The number of alkyl halides is 3. The first-order chi connectivity index (χ1) is 15.1. The summed E-state index contributed by atoms with van der Waals surface area (Å²) < 4.78 is 65.0. The van der Waals surface area contributed by atoms with E-state index in [1.165, 1.54) is 19.1 Å². The van der Waals surface area contributed by atoms with Crippen LogP contribution < -0.4 is 15.4 Å². The molecule has 1 aromatic heterocycles. The van der Waals surface area contributed by atoms with Crippen LogP contribution in [0.4, 0.5) is 35.0 Å². The molecule has 2 aliphatic rings. The molecule has 1 aromatic carbocycles. The quantitative estimate of drug-likeness (QED) is 0.465. The first-order valence-corrected chi connectivity index (χ1v) is 9.55. The number of rotatable bonds is 5. The number of ether oxygens (including phenoxy) is 2. The Hall–Kier alpha value is -3.35. The van der Waals surface area contributed by atoms with Crippen LogP contribution in [-0.2, 0) is 10.9 Å². The highest BCUT2D eigenvalue weighted by atomic mass is 19.4. The summed E-state index contributed by atoms with van der Waals surface area (Å²) >= 11 is 0. The average Bonchev–Trinajstić information content (AvgIpc) is 3.39. The summed E-state index contributed by atoms with van der Waals surface area (Å²) in [6.45, 7) is 0.561. The zero-order chi connectivity index (χ0) is 23.2. The van der Waals surface area contributed by atoms with Gasteiger partial charge in [0.1, 0.15) is 22.7 Å².